The van der Waals surface area contributed by atoms with Crippen LogP contribution in [0.15, 0.2) is 23.4 Å². The second kappa shape index (κ2) is 8.00. The van der Waals surface area contributed by atoms with Crippen molar-refractivity contribution >= 4 is 17.7 Å². The van der Waals surface area contributed by atoms with Gasteiger partial charge < -0.3 is 20.2 Å². The van der Waals surface area contributed by atoms with Crippen molar-refractivity contribution in [2.24, 2.45) is 11.1 Å². The first-order valence-electron chi connectivity index (χ1n) is 8.30. The van der Waals surface area contributed by atoms with E-state index in [1.165, 1.54) is 16.0 Å². The maximum Gasteiger partial charge on any atom is 0.317 e. The largest absolute Gasteiger partial charge is 0.481 e. The first-order chi connectivity index (χ1) is 11.8. The van der Waals surface area contributed by atoms with Crippen molar-refractivity contribution in [2.45, 2.75) is 33.3 Å². The summed E-state index contributed by atoms with van der Waals surface area (Å²) >= 11 is 0. The van der Waals surface area contributed by atoms with Crippen LogP contribution >= 0.6 is 0 Å². The van der Waals surface area contributed by atoms with Crippen molar-refractivity contribution in [2.75, 3.05) is 20.1 Å². The van der Waals surface area contributed by atoms with Gasteiger partial charge in [0.2, 0.25) is 0 Å². The number of carbonyl (C=O) groups excluding carboxylic acids is 1. The number of rotatable bonds is 6. The molecule has 2 rings (SSSR count). The van der Waals surface area contributed by atoms with E-state index in [0.29, 0.717) is 13.0 Å². The van der Waals surface area contributed by atoms with Crippen LogP contribution in [0.3, 0.4) is 0 Å². The lowest BCUT2D eigenvalue weighted by Gasteiger charge is -2.20. The molecule has 0 bridgehead atoms. The molecule has 0 spiro atoms. The molecule has 1 aliphatic heterocycles. The molecule has 2 unspecified atom stereocenters. The number of aliphatic carboxylic acids is 1. The summed E-state index contributed by atoms with van der Waals surface area (Å²) in [6, 6.07) is 5.84. The molecule has 2 atom stereocenters. The number of carboxylic acids is 1. The molecular weight excluding hydrogens is 322 g/mol. The predicted molar refractivity (Wildman–Crippen MR) is 94.8 cm³/mol. The molecule has 1 aromatic carbocycles. The van der Waals surface area contributed by atoms with E-state index in [1.807, 2.05) is 6.07 Å². The summed E-state index contributed by atoms with van der Waals surface area (Å²) in [5.41, 5.74) is 4.33. The van der Waals surface area contributed by atoms with E-state index in [2.05, 4.69) is 36.5 Å². The third kappa shape index (κ3) is 4.95. The zero-order valence-corrected chi connectivity index (χ0v) is 15.1. The number of benzene rings is 1. The van der Waals surface area contributed by atoms with Gasteiger partial charge in [0.05, 0.1) is 18.2 Å². The van der Waals surface area contributed by atoms with Crippen LogP contribution in [0.25, 0.3) is 0 Å². The van der Waals surface area contributed by atoms with Gasteiger partial charge in [0, 0.05) is 20.0 Å². The van der Waals surface area contributed by atoms with Gasteiger partial charge >= 0.3 is 12.0 Å². The van der Waals surface area contributed by atoms with Crippen LogP contribution in [0, 0.1) is 19.8 Å². The average Bonchev–Trinajstić information content (AvgIpc) is 3.03. The van der Waals surface area contributed by atoms with E-state index >= 15 is 0 Å². The van der Waals surface area contributed by atoms with Gasteiger partial charge in [-0.25, -0.2) is 4.79 Å². The molecule has 25 heavy (non-hydrogen) atoms. The molecule has 1 aromatic rings. The second-order valence-corrected chi connectivity index (χ2v) is 6.57. The van der Waals surface area contributed by atoms with Gasteiger partial charge in [-0.1, -0.05) is 24.2 Å². The number of amides is 2. The number of hydrogen-bond donors (Lipinski definition) is 2. The zero-order valence-electron chi connectivity index (χ0n) is 15.1. The minimum atomic E-state index is -0.926. The van der Waals surface area contributed by atoms with E-state index in [4.69, 9.17) is 9.94 Å². The molecule has 0 saturated heterocycles. The highest BCUT2D eigenvalue weighted by molar-refractivity contribution is 6.01. The van der Waals surface area contributed by atoms with Gasteiger partial charge in [-0.15, -0.1) is 0 Å². The number of carbonyl (C=O) groups is 2. The number of nitrogens with zero attached hydrogens (tertiary/aromatic N) is 2. The minimum Gasteiger partial charge on any atom is -0.481 e. The molecule has 2 amide bonds. The molecule has 0 saturated carbocycles. The number of carboxylic acid groups (broad SMARTS) is 1. The highest BCUT2D eigenvalue weighted by atomic mass is 16.6. The van der Waals surface area contributed by atoms with Crippen LogP contribution in [-0.4, -0.2) is 54.0 Å². The molecule has 0 aliphatic carbocycles. The number of hydrogen-bond acceptors (Lipinski definition) is 4. The summed E-state index contributed by atoms with van der Waals surface area (Å²) in [4.78, 5) is 29.6. The summed E-state index contributed by atoms with van der Waals surface area (Å²) in [5, 5.41) is 15.8. The lowest BCUT2D eigenvalue weighted by Crippen LogP contribution is -2.43. The number of aryl methyl sites for hydroxylation is 2. The highest BCUT2D eigenvalue weighted by Crippen LogP contribution is 2.18. The van der Waals surface area contributed by atoms with Crippen molar-refractivity contribution in [1.29, 1.82) is 0 Å². The molecule has 0 fully saturated rings. The predicted octanol–water partition coefficient (Wildman–Crippen LogP) is 2.16. The van der Waals surface area contributed by atoms with Gasteiger partial charge in [0.15, 0.2) is 6.10 Å². The third-order valence-electron chi connectivity index (χ3n) is 4.37. The maximum absolute atomic E-state index is 12.0. The lowest BCUT2D eigenvalue weighted by molar-refractivity contribution is -0.141. The zero-order chi connectivity index (χ0) is 18.6. The summed E-state index contributed by atoms with van der Waals surface area (Å²) in [5.74, 6) is -1.54. The Morgan fingerprint density at radius 2 is 2.12 bits per heavy atom. The molecular formula is C18H25N3O4. The SMILES string of the molecule is Cc1ccc(C2=NOC(CNC(=O)N(C)CC(C)C(=O)O)C2)cc1C. The normalized spacial score (nSPS) is 17.4. The minimum absolute atomic E-state index is 0.150. The van der Waals surface area contributed by atoms with E-state index in [9.17, 15) is 9.59 Å². The van der Waals surface area contributed by atoms with Crippen LogP contribution in [0.2, 0.25) is 0 Å². The van der Waals surface area contributed by atoms with Crippen molar-refractivity contribution < 1.29 is 19.5 Å². The fourth-order valence-corrected chi connectivity index (χ4v) is 2.54. The van der Waals surface area contributed by atoms with Crippen molar-refractivity contribution in [1.82, 2.24) is 10.2 Å². The summed E-state index contributed by atoms with van der Waals surface area (Å²) in [6.07, 6.45) is 0.406. The smallest absolute Gasteiger partial charge is 0.317 e. The third-order valence-corrected chi connectivity index (χ3v) is 4.37. The fraction of sp³-hybridized carbons (Fsp3) is 0.500. The van der Waals surface area contributed by atoms with E-state index < -0.39 is 11.9 Å². The van der Waals surface area contributed by atoms with Crippen molar-refractivity contribution in [3.63, 3.8) is 0 Å². The summed E-state index contributed by atoms with van der Waals surface area (Å²) in [7, 11) is 1.57. The van der Waals surface area contributed by atoms with E-state index in [0.717, 1.165) is 11.3 Å². The van der Waals surface area contributed by atoms with Crippen LogP contribution < -0.4 is 5.32 Å². The maximum atomic E-state index is 12.0. The van der Waals surface area contributed by atoms with Crippen LogP contribution in [0.5, 0.6) is 0 Å². The summed E-state index contributed by atoms with van der Waals surface area (Å²) in [6.45, 7) is 6.16. The van der Waals surface area contributed by atoms with Gasteiger partial charge in [-0.05, 0) is 36.6 Å². The molecule has 7 heteroatoms. The Kier molecular flexibility index (Phi) is 6.01. The van der Waals surface area contributed by atoms with Crippen molar-refractivity contribution in [3.05, 3.63) is 34.9 Å². The topological polar surface area (TPSA) is 91.2 Å². The monoisotopic (exact) mass is 347 g/mol. The lowest BCUT2D eigenvalue weighted by atomic mass is 10.0. The molecule has 136 valence electrons. The molecule has 2 N–H and O–H groups in total. The second-order valence-electron chi connectivity index (χ2n) is 6.57. The number of nitrogens with one attached hydrogen (secondary N) is 1. The Morgan fingerprint density at radius 3 is 2.76 bits per heavy atom. The Balaban J connectivity index is 1.81. The molecule has 1 aliphatic rings. The first kappa shape index (κ1) is 18.8. The van der Waals surface area contributed by atoms with Gasteiger partial charge in [0.25, 0.3) is 0 Å². The van der Waals surface area contributed by atoms with E-state index in [-0.39, 0.29) is 18.7 Å². The Morgan fingerprint density at radius 1 is 1.40 bits per heavy atom. The van der Waals surface area contributed by atoms with Gasteiger partial charge in [-0.2, -0.15) is 0 Å². The molecule has 0 radical (unpaired) electrons. The van der Waals surface area contributed by atoms with Crippen LogP contribution in [0.4, 0.5) is 4.79 Å². The highest BCUT2D eigenvalue weighted by Gasteiger charge is 2.24. The number of urea groups is 1. The van der Waals surface area contributed by atoms with E-state index in [1.54, 1.807) is 14.0 Å². The fourth-order valence-electron chi connectivity index (χ4n) is 2.54. The van der Waals surface area contributed by atoms with Crippen LogP contribution in [-0.2, 0) is 9.63 Å². The molecule has 1 heterocycles. The van der Waals surface area contributed by atoms with Gasteiger partial charge in [0.1, 0.15) is 0 Å². The quantitative estimate of drug-likeness (QED) is 0.825. The summed E-state index contributed by atoms with van der Waals surface area (Å²) < 4.78 is 0. The molecule has 7 nitrogen and oxygen atoms in total. The average molecular weight is 347 g/mol. The Labute approximate surface area is 147 Å². The van der Waals surface area contributed by atoms with Crippen molar-refractivity contribution in [3.8, 4) is 0 Å². The Bertz CT molecular complexity index is 687. The van der Waals surface area contributed by atoms with Gasteiger partial charge in [-0.3, -0.25) is 4.79 Å². The molecule has 0 aromatic heterocycles. The standard InChI is InChI=1S/C18H25N3O4/c1-11-5-6-14(7-12(11)2)16-8-15(25-20-16)9-19-18(24)21(4)10-13(3)17(22)23/h5-7,13,15H,8-10H2,1-4H3,(H,19,24)(H,22,23). The Hall–Kier alpha value is -2.57. The van der Waals surface area contributed by atoms with Crippen LogP contribution in [0.1, 0.15) is 30.0 Å². The first-order valence-corrected chi connectivity index (χ1v) is 8.30. The number of oxime groups is 1.